The molecule has 1 saturated carbocycles. The van der Waals surface area contributed by atoms with Gasteiger partial charge in [-0.25, -0.2) is 0 Å². The van der Waals surface area contributed by atoms with Crippen molar-refractivity contribution in [2.75, 3.05) is 13.2 Å². The Balaban J connectivity index is 1.85. The lowest BCUT2D eigenvalue weighted by Crippen LogP contribution is -2.34. The van der Waals surface area contributed by atoms with E-state index in [1.165, 1.54) is 12.8 Å². The molecule has 0 amide bonds. The highest BCUT2D eigenvalue weighted by Crippen LogP contribution is 2.37. The van der Waals surface area contributed by atoms with E-state index in [9.17, 15) is 0 Å². The van der Waals surface area contributed by atoms with Gasteiger partial charge in [0.2, 0.25) is 0 Å². The minimum atomic E-state index is 0.362. The van der Waals surface area contributed by atoms with E-state index < -0.39 is 0 Å². The number of rotatable bonds is 8. The molecule has 1 N–H and O–H groups in total. The van der Waals surface area contributed by atoms with E-state index in [-0.39, 0.29) is 0 Å². The van der Waals surface area contributed by atoms with Gasteiger partial charge in [-0.3, -0.25) is 0 Å². The molecule has 0 bridgehead atoms. The Labute approximate surface area is 116 Å². The summed E-state index contributed by atoms with van der Waals surface area (Å²) in [4.78, 5) is 0. The van der Waals surface area contributed by atoms with Crippen molar-refractivity contribution in [3.63, 3.8) is 0 Å². The van der Waals surface area contributed by atoms with Crippen LogP contribution in [0.4, 0.5) is 0 Å². The molecule has 0 spiro atoms. The Morgan fingerprint density at radius 3 is 2.74 bits per heavy atom. The molecular formula is C16H27NO2. The quantitative estimate of drug-likeness (QED) is 0.775. The second kappa shape index (κ2) is 7.11. The zero-order valence-corrected chi connectivity index (χ0v) is 12.4. The first kappa shape index (κ1) is 14.6. The van der Waals surface area contributed by atoms with Crippen LogP contribution in [0, 0.1) is 12.8 Å². The highest BCUT2D eigenvalue weighted by atomic mass is 16.5. The summed E-state index contributed by atoms with van der Waals surface area (Å²) in [5.41, 5.74) is 0. The van der Waals surface area contributed by atoms with E-state index in [1.807, 2.05) is 6.92 Å². The standard InChI is InChI=1S/C16H27NO2/c1-4-8-17-15(16-7-6-12(3)19-16)11-13-9-14(10-13)18-5-2/h6-7,13-15,17H,4-5,8-11H2,1-3H3. The van der Waals surface area contributed by atoms with Crippen LogP contribution in [0.3, 0.4) is 0 Å². The summed E-state index contributed by atoms with van der Waals surface area (Å²) in [6.45, 7) is 8.17. The molecule has 1 unspecified atom stereocenters. The lowest BCUT2D eigenvalue weighted by Gasteiger charge is -2.36. The van der Waals surface area contributed by atoms with Crippen LogP contribution in [0.15, 0.2) is 16.5 Å². The second-order valence-electron chi connectivity index (χ2n) is 5.61. The maximum atomic E-state index is 5.79. The van der Waals surface area contributed by atoms with Crippen LogP contribution < -0.4 is 5.32 Å². The molecule has 1 aliphatic rings. The van der Waals surface area contributed by atoms with Gasteiger partial charge in [-0.15, -0.1) is 0 Å². The fourth-order valence-corrected chi connectivity index (χ4v) is 2.83. The lowest BCUT2D eigenvalue weighted by atomic mass is 9.78. The Hall–Kier alpha value is -0.800. The maximum Gasteiger partial charge on any atom is 0.121 e. The fourth-order valence-electron chi connectivity index (χ4n) is 2.83. The molecule has 3 heteroatoms. The number of hydrogen-bond acceptors (Lipinski definition) is 3. The van der Waals surface area contributed by atoms with Crippen molar-refractivity contribution in [2.45, 2.75) is 58.6 Å². The van der Waals surface area contributed by atoms with E-state index in [1.54, 1.807) is 0 Å². The van der Waals surface area contributed by atoms with Gasteiger partial charge in [0.15, 0.2) is 0 Å². The first-order chi connectivity index (χ1) is 9.22. The molecule has 1 fully saturated rings. The predicted molar refractivity (Wildman–Crippen MR) is 77.2 cm³/mol. The third kappa shape index (κ3) is 4.08. The molecule has 0 aliphatic heterocycles. The molecule has 108 valence electrons. The van der Waals surface area contributed by atoms with Gasteiger partial charge in [0.25, 0.3) is 0 Å². The largest absolute Gasteiger partial charge is 0.465 e. The third-order valence-corrected chi connectivity index (χ3v) is 3.91. The van der Waals surface area contributed by atoms with E-state index in [0.29, 0.717) is 12.1 Å². The number of hydrogen-bond donors (Lipinski definition) is 1. The Bertz CT molecular complexity index is 369. The van der Waals surface area contributed by atoms with E-state index in [2.05, 4.69) is 31.3 Å². The average molecular weight is 265 g/mol. The van der Waals surface area contributed by atoms with Crippen LogP contribution >= 0.6 is 0 Å². The second-order valence-corrected chi connectivity index (χ2v) is 5.61. The summed E-state index contributed by atoms with van der Waals surface area (Å²) in [7, 11) is 0. The van der Waals surface area contributed by atoms with Crippen molar-refractivity contribution in [2.24, 2.45) is 5.92 Å². The molecule has 1 aromatic heterocycles. The third-order valence-electron chi connectivity index (χ3n) is 3.91. The molecule has 19 heavy (non-hydrogen) atoms. The summed E-state index contributed by atoms with van der Waals surface area (Å²) in [6.07, 6.45) is 5.23. The number of ether oxygens (including phenoxy) is 1. The van der Waals surface area contributed by atoms with Gasteiger partial charge < -0.3 is 14.5 Å². The van der Waals surface area contributed by atoms with E-state index >= 15 is 0 Å². The van der Waals surface area contributed by atoms with Crippen LogP contribution in [0.2, 0.25) is 0 Å². The van der Waals surface area contributed by atoms with Crippen molar-refractivity contribution in [1.82, 2.24) is 5.32 Å². The van der Waals surface area contributed by atoms with Crippen molar-refractivity contribution >= 4 is 0 Å². The minimum absolute atomic E-state index is 0.362. The summed E-state index contributed by atoms with van der Waals surface area (Å²) in [6, 6.07) is 4.53. The zero-order valence-electron chi connectivity index (χ0n) is 12.4. The van der Waals surface area contributed by atoms with Crippen LogP contribution in [0.5, 0.6) is 0 Å². The number of nitrogens with one attached hydrogen (secondary N) is 1. The van der Waals surface area contributed by atoms with Crippen LogP contribution in [0.1, 0.15) is 57.1 Å². The average Bonchev–Trinajstić information content (AvgIpc) is 2.77. The molecule has 0 saturated heterocycles. The molecule has 3 nitrogen and oxygen atoms in total. The summed E-state index contributed by atoms with van der Waals surface area (Å²) in [5.74, 6) is 2.86. The smallest absolute Gasteiger partial charge is 0.121 e. The van der Waals surface area contributed by atoms with Gasteiger partial charge in [-0.05, 0) is 64.1 Å². The summed E-state index contributed by atoms with van der Waals surface area (Å²) in [5, 5.41) is 3.61. The monoisotopic (exact) mass is 265 g/mol. The van der Waals surface area contributed by atoms with Crippen molar-refractivity contribution < 1.29 is 9.15 Å². The van der Waals surface area contributed by atoms with Gasteiger partial charge >= 0.3 is 0 Å². The normalized spacial score (nSPS) is 24.2. The van der Waals surface area contributed by atoms with E-state index in [4.69, 9.17) is 9.15 Å². The van der Waals surface area contributed by atoms with Gasteiger partial charge in [0.1, 0.15) is 11.5 Å². The highest BCUT2D eigenvalue weighted by molar-refractivity contribution is 5.10. The maximum absolute atomic E-state index is 5.79. The molecule has 2 rings (SSSR count). The molecule has 1 heterocycles. The molecular weight excluding hydrogens is 238 g/mol. The SMILES string of the molecule is CCCNC(CC1CC(OCC)C1)c1ccc(C)o1. The molecule has 1 atom stereocenters. The molecule has 1 aliphatic carbocycles. The summed E-state index contributed by atoms with van der Waals surface area (Å²) < 4.78 is 11.4. The van der Waals surface area contributed by atoms with Gasteiger partial charge in [-0.1, -0.05) is 6.92 Å². The first-order valence-corrected chi connectivity index (χ1v) is 7.64. The molecule has 0 aromatic carbocycles. The van der Waals surface area contributed by atoms with Gasteiger partial charge in [-0.2, -0.15) is 0 Å². The highest BCUT2D eigenvalue weighted by Gasteiger charge is 2.32. The lowest BCUT2D eigenvalue weighted by molar-refractivity contribution is -0.0297. The van der Waals surface area contributed by atoms with E-state index in [0.717, 1.165) is 43.4 Å². The van der Waals surface area contributed by atoms with Crippen molar-refractivity contribution in [1.29, 1.82) is 0 Å². The van der Waals surface area contributed by atoms with Gasteiger partial charge in [0.05, 0.1) is 12.1 Å². The van der Waals surface area contributed by atoms with Crippen LogP contribution in [-0.2, 0) is 4.74 Å². The Morgan fingerprint density at radius 1 is 1.37 bits per heavy atom. The summed E-state index contributed by atoms with van der Waals surface area (Å²) >= 11 is 0. The number of furan rings is 1. The first-order valence-electron chi connectivity index (χ1n) is 7.64. The predicted octanol–water partition coefficient (Wildman–Crippen LogP) is 3.83. The zero-order chi connectivity index (χ0) is 13.7. The fraction of sp³-hybridized carbons (Fsp3) is 0.750. The topological polar surface area (TPSA) is 34.4 Å². The minimum Gasteiger partial charge on any atom is -0.465 e. The number of aryl methyl sites for hydroxylation is 1. The van der Waals surface area contributed by atoms with Crippen molar-refractivity contribution in [3.05, 3.63) is 23.7 Å². The van der Waals surface area contributed by atoms with Crippen LogP contribution in [-0.4, -0.2) is 19.3 Å². The Kier molecular flexibility index (Phi) is 5.46. The molecule has 0 radical (unpaired) electrons. The van der Waals surface area contributed by atoms with Gasteiger partial charge in [0, 0.05) is 6.61 Å². The Morgan fingerprint density at radius 2 is 2.16 bits per heavy atom. The van der Waals surface area contributed by atoms with Crippen LogP contribution in [0.25, 0.3) is 0 Å². The van der Waals surface area contributed by atoms with Crippen molar-refractivity contribution in [3.8, 4) is 0 Å². The molecule has 1 aromatic rings.